The van der Waals surface area contributed by atoms with Gasteiger partial charge in [-0.05, 0) is 49.3 Å². The molecule has 2 aliphatic heterocycles. The number of aromatic hydroxyl groups is 1. The maximum absolute atomic E-state index is 13.3. The lowest BCUT2D eigenvalue weighted by atomic mass is 9.77. The fourth-order valence-electron chi connectivity index (χ4n) is 3.57. The number of ether oxygens (including phenoxy) is 1. The van der Waals surface area contributed by atoms with Gasteiger partial charge in [0.15, 0.2) is 11.6 Å². The molecule has 5 heteroatoms. The van der Waals surface area contributed by atoms with Crippen LogP contribution in [-0.2, 0) is 16.0 Å². The van der Waals surface area contributed by atoms with Gasteiger partial charge in [0.05, 0.1) is 19.1 Å². The first-order valence-corrected chi connectivity index (χ1v) is 7.84. The van der Waals surface area contributed by atoms with Crippen molar-refractivity contribution >= 4 is 5.91 Å². The third kappa shape index (κ3) is 3.09. The molecule has 0 aromatic heterocycles. The second kappa shape index (κ2) is 5.88. The number of hydrogen-bond acceptors (Lipinski definition) is 3. The largest absolute Gasteiger partial charge is 0.505 e. The second-order valence-corrected chi connectivity index (χ2v) is 6.67. The van der Waals surface area contributed by atoms with Crippen molar-refractivity contribution in [1.29, 1.82) is 0 Å². The Morgan fingerprint density at radius 2 is 2.18 bits per heavy atom. The van der Waals surface area contributed by atoms with Crippen LogP contribution in [0.4, 0.5) is 4.39 Å². The third-order valence-corrected chi connectivity index (χ3v) is 4.94. The molecule has 0 aliphatic carbocycles. The van der Waals surface area contributed by atoms with Crippen LogP contribution in [0.1, 0.15) is 31.7 Å². The Morgan fingerprint density at radius 1 is 1.45 bits per heavy atom. The second-order valence-electron chi connectivity index (χ2n) is 6.67. The lowest BCUT2D eigenvalue weighted by Crippen LogP contribution is -2.44. The van der Waals surface area contributed by atoms with Gasteiger partial charge < -0.3 is 14.7 Å². The lowest BCUT2D eigenvalue weighted by molar-refractivity contribution is -0.132. The van der Waals surface area contributed by atoms with Crippen LogP contribution in [0.15, 0.2) is 18.2 Å². The van der Waals surface area contributed by atoms with Crippen molar-refractivity contribution in [2.45, 2.75) is 38.7 Å². The van der Waals surface area contributed by atoms with E-state index < -0.39 is 5.82 Å². The summed E-state index contributed by atoms with van der Waals surface area (Å²) < 4.78 is 19.0. The maximum atomic E-state index is 13.3. The van der Waals surface area contributed by atoms with Gasteiger partial charge in [0.25, 0.3) is 0 Å². The van der Waals surface area contributed by atoms with E-state index in [4.69, 9.17) is 4.74 Å². The van der Waals surface area contributed by atoms with Crippen LogP contribution in [0.2, 0.25) is 0 Å². The van der Waals surface area contributed by atoms with E-state index in [2.05, 4.69) is 6.92 Å². The average molecular weight is 307 g/mol. The molecule has 2 fully saturated rings. The topological polar surface area (TPSA) is 49.8 Å². The highest BCUT2D eigenvalue weighted by atomic mass is 19.1. The van der Waals surface area contributed by atoms with Crippen molar-refractivity contribution in [3.05, 3.63) is 29.6 Å². The maximum Gasteiger partial charge on any atom is 0.226 e. The first-order valence-electron chi connectivity index (χ1n) is 7.84. The number of piperidine rings is 1. The smallest absolute Gasteiger partial charge is 0.226 e. The van der Waals surface area contributed by atoms with Crippen LogP contribution in [0.3, 0.4) is 0 Å². The van der Waals surface area contributed by atoms with E-state index in [1.807, 2.05) is 4.90 Å². The lowest BCUT2D eigenvalue weighted by Gasteiger charge is -2.38. The Labute approximate surface area is 129 Å². The predicted molar refractivity (Wildman–Crippen MR) is 80.0 cm³/mol. The number of rotatable bonds is 2. The highest BCUT2D eigenvalue weighted by Crippen LogP contribution is 2.41. The van der Waals surface area contributed by atoms with Crippen molar-refractivity contribution in [1.82, 2.24) is 4.90 Å². The van der Waals surface area contributed by atoms with Gasteiger partial charge in [-0.3, -0.25) is 4.79 Å². The Balaban J connectivity index is 1.57. The first-order chi connectivity index (χ1) is 10.5. The molecule has 0 radical (unpaired) electrons. The van der Waals surface area contributed by atoms with E-state index in [-0.39, 0.29) is 23.5 Å². The van der Waals surface area contributed by atoms with E-state index in [0.717, 1.165) is 39.0 Å². The highest BCUT2D eigenvalue weighted by molar-refractivity contribution is 5.79. The van der Waals surface area contributed by atoms with Crippen LogP contribution < -0.4 is 0 Å². The van der Waals surface area contributed by atoms with Gasteiger partial charge >= 0.3 is 0 Å². The monoisotopic (exact) mass is 307 g/mol. The van der Waals surface area contributed by atoms with Crippen molar-refractivity contribution in [3.8, 4) is 5.75 Å². The van der Waals surface area contributed by atoms with Crippen LogP contribution >= 0.6 is 0 Å². The Kier molecular flexibility index (Phi) is 4.08. The van der Waals surface area contributed by atoms with E-state index in [1.165, 1.54) is 12.1 Å². The Bertz CT molecular complexity index is 567. The van der Waals surface area contributed by atoms with E-state index >= 15 is 0 Å². The minimum atomic E-state index is -0.681. The molecule has 1 unspecified atom stereocenters. The molecule has 1 aromatic carbocycles. The number of hydrogen-bond donors (Lipinski definition) is 1. The summed E-state index contributed by atoms with van der Waals surface area (Å²) in [7, 11) is 0. The summed E-state index contributed by atoms with van der Waals surface area (Å²) in [5.74, 6) is -1.04. The molecule has 120 valence electrons. The molecule has 1 atom stereocenters. The fraction of sp³-hybridized carbons (Fsp3) is 0.588. The molecule has 2 aliphatic rings. The van der Waals surface area contributed by atoms with E-state index in [1.54, 1.807) is 6.07 Å². The first kappa shape index (κ1) is 15.3. The van der Waals surface area contributed by atoms with Gasteiger partial charge in [-0.15, -0.1) is 0 Å². The van der Waals surface area contributed by atoms with Gasteiger partial charge in [-0.2, -0.15) is 0 Å². The van der Waals surface area contributed by atoms with Crippen molar-refractivity contribution in [2.75, 3.05) is 19.7 Å². The van der Waals surface area contributed by atoms with E-state index in [0.29, 0.717) is 11.7 Å². The van der Waals surface area contributed by atoms with Crippen molar-refractivity contribution in [3.63, 3.8) is 0 Å². The summed E-state index contributed by atoms with van der Waals surface area (Å²) in [6, 6.07) is 4.11. The molecule has 3 rings (SSSR count). The summed E-state index contributed by atoms with van der Waals surface area (Å²) in [5, 5.41) is 9.18. The molecule has 1 spiro atoms. The van der Waals surface area contributed by atoms with Gasteiger partial charge in [-0.25, -0.2) is 4.39 Å². The number of halogens is 1. The molecular weight excluding hydrogens is 285 g/mol. The summed E-state index contributed by atoms with van der Waals surface area (Å²) in [6.07, 6.45) is 3.54. The zero-order valence-corrected chi connectivity index (χ0v) is 12.8. The fourth-order valence-corrected chi connectivity index (χ4v) is 3.57. The van der Waals surface area contributed by atoms with Crippen LogP contribution in [-0.4, -0.2) is 41.7 Å². The molecule has 1 amide bonds. The number of amides is 1. The average Bonchev–Trinajstić information content (AvgIpc) is 2.84. The summed E-state index contributed by atoms with van der Waals surface area (Å²) in [4.78, 5) is 14.2. The quantitative estimate of drug-likeness (QED) is 0.913. The number of phenols is 1. The number of phenolic OH excluding ortho intramolecular Hbond substituents is 1. The normalized spacial score (nSPS) is 23.9. The van der Waals surface area contributed by atoms with Gasteiger partial charge in [0.1, 0.15) is 0 Å². The Morgan fingerprint density at radius 3 is 2.77 bits per heavy atom. The summed E-state index contributed by atoms with van der Waals surface area (Å²) in [5.41, 5.74) is 0.847. The molecule has 0 bridgehead atoms. The molecule has 2 saturated heterocycles. The zero-order chi connectivity index (χ0) is 15.7. The summed E-state index contributed by atoms with van der Waals surface area (Å²) >= 11 is 0. The SMILES string of the molecule is CC1CC2(CCN(C(=O)Cc3ccc(O)c(F)c3)CC2)CO1. The van der Waals surface area contributed by atoms with Gasteiger partial charge in [0.2, 0.25) is 5.91 Å². The third-order valence-electron chi connectivity index (χ3n) is 4.94. The minimum Gasteiger partial charge on any atom is -0.505 e. The molecular formula is C17H22FNO3. The molecule has 2 heterocycles. The van der Waals surface area contributed by atoms with Crippen LogP contribution in [0, 0.1) is 11.2 Å². The molecule has 0 saturated carbocycles. The highest BCUT2D eigenvalue weighted by Gasteiger charge is 2.41. The number of nitrogens with zero attached hydrogens (tertiary/aromatic N) is 1. The number of likely N-dealkylation sites (tertiary alicyclic amines) is 1. The molecule has 1 aromatic rings. The molecule has 1 N–H and O–H groups in total. The number of carbonyl (C=O) groups is 1. The number of carbonyl (C=O) groups excluding carboxylic acids is 1. The molecule has 22 heavy (non-hydrogen) atoms. The minimum absolute atomic E-state index is 0.0203. The Hall–Kier alpha value is -1.62. The van der Waals surface area contributed by atoms with Crippen LogP contribution in [0.5, 0.6) is 5.75 Å². The van der Waals surface area contributed by atoms with Gasteiger partial charge in [0, 0.05) is 13.1 Å². The zero-order valence-electron chi connectivity index (χ0n) is 12.8. The van der Waals surface area contributed by atoms with E-state index in [9.17, 15) is 14.3 Å². The summed E-state index contributed by atoms with van der Waals surface area (Å²) in [6.45, 7) is 4.40. The predicted octanol–water partition coefficient (Wildman–Crippen LogP) is 2.49. The standard InChI is InChI=1S/C17H22FNO3/c1-12-10-17(11-22-12)4-6-19(7-5-17)16(21)9-13-2-3-15(20)14(18)8-13/h2-3,8,12,20H,4-7,9-11H2,1H3. The molecule has 4 nitrogen and oxygen atoms in total. The van der Waals surface area contributed by atoms with Crippen molar-refractivity contribution in [2.24, 2.45) is 5.41 Å². The number of benzene rings is 1. The van der Waals surface area contributed by atoms with Crippen molar-refractivity contribution < 1.29 is 19.0 Å². The van der Waals surface area contributed by atoms with Gasteiger partial charge in [-0.1, -0.05) is 6.07 Å². The van der Waals surface area contributed by atoms with Crippen LogP contribution in [0.25, 0.3) is 0 Å².